The van der Waals surface area contributed by atoms with Crippen LogP contribution in [-0.2, 0) is 0 Å². The maximum absolute atomic E-state index is 12.6. The van der Waals surface area contributed by atoms with E-state index in [1.807, 2.05) is 29.2 Å². The van der Waals surface area contributed by atoms with Crippen molar-refractivity contribution in [3.05, 3.63) is 29.5 Å². The smallest absolute Gasteiger partial charge is 0.159 e. The molecule has 0 aromatic heterocycles. The molecule has 16 heavy (non-hydrogen) atoms. The monoisotopic (exact) mass is 260 g/mol. The van der Waals surface area contributed by atoms with Crippen LogP contribution >= 0.6 is 23.2 Å². The van der Waals surface area contributed by atoms with Crippen molar-refractivity contribution in [1.29, 1.82) is 0 Å². The van der Waals surface area contributed by atoms with E-state index in [1.165, 1.54) is 0 Å². The minimum atomic E-state index is -0.365. The minimum Gasteiger partial charge on any atom is -0.626 e. The molecule has 1 aromatic rings. The zero-order valence-electron chi connectivity index (χ0n) is 8.90. The van der Waals surface area contributed by atoms with Crippen LogP contribution in [0.1, 0.15) is 0 Å². The fraction of sp³-hybridized carbons (Fsp3) is 0.455. The van der Waals surface area contributed by atoms with Crippen LogP contribution < -0.4 is 9.55 Å². The highest BCUT2D eigenvalue weighted by Crippen LogP contribution is 2.40. The molecule has 3 nitrogen and oxygen atoms in total. The SMILES string of the molecule is [O-][N+]1(CCCl)CN(CCCl)c2ccccc21. The number of rotatable bonds is 4. The first-order valence-electron chi connectivity index (χ1n) is 5.26. The molecule has 0 N–H and O–H groups in total. The van der Waals surface area contributed by atoms with Crippen LogP contribution in [0.5, 0.6) is 0 Å². The van der Waals surface area contributed by atoms with E-state index in [1.54, 1.807) is 0 Å². The second-order valence-corrected chi connectivity index (χ2v) is 4.64. The van der Waals surface area contributed by atoms with Crippen LogP contribution in [0.2, 0.25) is 0 Å². The van der Waals surface area contributed by atoms with Gasteiger partial charge in [-0.05, 0) is 6.07 Å². The number of nitrogens with zero attached hydrogens (tertiary/aromatic N) is 2. The van der Waals surface area contributed by atoms with Crippen molar-refractivity contribution in [3.63, 3.8) is 0 Å². The van der Waals surface area contributed by atoms with E-state index in [2.05, 4.69) is 0 Å². The molecule has 0 amide bonds. The van der Waals surface area contributed by atoms with Gasteiger partial charge in [-0.1, -0.05) is 12.1 Å². The molecule has 5 heteroatoms. The molecule has 0 fully saturated rings. The zero-order chi connectivity index (χ0) is 11.6. The molecule has 0 saturated carbocycles. The summed E-state index contributed by atoms with van der Waals surface area (Å²) in [5.41, 5.74) is 1.79. The quantitative estimate of drug-likeness (QED) is 0.473. The van der Waals surface area contributed by atoms with Gasteiger partial charge in [0.2, 0.25) is 0 Å². The number of hydrogen-bond donors (Lipinski definition) is 0. The molecule has 1 atom stereocenters. The Morgan fingerprint density at radius 3 is 2.69 bits per heavy atom. The first-order valence-corrected chi connectivity index (χ1v) is 6.33. The Hall–Kier alpha value is -0.480. The topological polar surface area (TPSA) is 26.3 Å². The van der Waals surface area contributed by atoms with Gasteiger partial charge in [0.05, 0.1) is 12.4 Å². The van der Waals surface area contributed by atoms with Crippen LogP contribution in [0.25, 0.3) is 0 Å². The fourth-order valence-corrected chi connectivity index (χ4v) is 2.60. The largest absolute Gasteiger partial charge is 0.626 e. The van der Waals surface area contributed by atoms with E-state index in [0.29, 0.717) is 31.5 Å². The van der Waals surface area contributed by atoms with Crippen LogP contribution in [0, 0.1) is 5.21 Å². The molecule has 88 valence electrons. The third-order valence-corrected chi connectivity index (χ3v) is 3.20. The number of hydrogen-bond acceptors (Lipinski definition) is 2. The minimum absolute atomic E-state index is 0.365. The Bertz CT molecular complexity index is 375. The Kier molecular flexibility index (Phi) is 3.60. The summed E-state index contributed by atoms with van der Waals surface area (Å²) in [7, 11) is 0. The number of hydroxylamine groups is 2. The predicted molar refractivity (Wildman–Crippen MR) is 70.1 cm³/mol. The summed E-state index contributed by atoms with van der Waals surface area (Å²) in [6.45, 7) is 1.51. The lowest BCUT2D eigenvalue weighted by Crippen LogP contribution is -2.47. The molecule has 0 bridgehead atoms. The number of halogens is 2. The fourth-order valence-electron chi connectivity index (χ4n) is 2.13. The van der Waals surface area contributed by atoms with Crippen molar-refractivity contribution in [3.8, 4) is 0 Å². The lowest BCUT2D eigenvalue weighted by Gasteiger charge is -2.37. The molecule has 1 heterocycles. The molecule has 0 saturated heterocycles. The average molecular weight is 261 g/mol. The van der Waals surface area contributed by atoms with Gasteiger partial charge < -0.3 is 14.8 Å². The van der Waals surface area contributed by atoms with Crippen LogP contribution in [0.4, 0.5) is 11.4 Å². The van der Waals surface area contributed by atoms with E-state index in [4.69, 9.17) is 23.2 Å². The normalized spacial score (nSPS) is 23.6. The summed E-state index contributed by atoms with van der Waals surface area (Å²) in [6.07, 6.45) is 0. The van der Waals surface area contributed by atoms with Gasteiger partial charge in [-0.25, -0.2) is 0 Å². The molecule has 1 aliphatic heterocycles. The van der Waals surface area contributed by atoms with Gasteiger partial charge >= 0.3 is 0 Å². The predicted octanol–water partition coefficient (Wildman–Crippen LogP) is 2.75. The number of quaternary nitrogens is 1. The maximum atomic E-state index is 12.6. The average Bonchev–Trinajstić information content (AvgIpc) is 2.55. The van der Waals surface area contributed by atoms with Crippen molar-refractivity contribution in [1.82, 2.24) is 4.65 Å². The van der Waals surface area contributed by atoms with E-state index < -0.39 is 0 Å². The molecule has 1 aliphatic rings. The molecular formula is C11H14Cl2N2O. The first kappa shape index (κ1) is 12.0. The number of benzene rings is 1. The van der Waals surface area contributed by atoms with Crippen molar-refractivity contribution in [2.75, 3.05) is 36.4 Å². The lowest BCUT2D eigenvalue weighted by molar-refractivity contribution is 0.415. The number of fused-ring (bicyclic) bond motifs is 1. The summed E-state index contributed by atoms with van der Waals surface area (Å²) in [6, 6.07) is 7.68. The maximum Gasteiger partial charge on any atom is 0.159 e. The molecule has 1 aromatic carbocycles. The number of anilines is 1. The third kappa shape index (κ3) is 2.00. The standard InChI is InChI=1S/C11H14Cl2N2O/c12-5-7-14-9-15(16,8-6-13)11-4-2-1-3-10(11)14/h1-4H,5-9H2. The second kappa shape index (κ2) is 4.80. The van der Waals surface area contributed by atoms with E-state index in [9.17, 15) is 5.21 Å². The van der Waals surface area contributed by atoms with Crippen LogP contribution in [-0.4, -0.2) is 31.5 Å². The highest BCUT2D eigenvalue weighted by molar-refractivity contribution is 6.18. The van der Waals surface area contributed by atoms with E-state index in [-0.39, 0.29) is 4.65 Å². The van der Waals surface area contributed by atoms with Gasteiger partial charge in [0.25, 0.3) is 0 Å². The van der Waals surface area contributed by atoms with Crippen LogP contribution in [0.15, 0.2) is 24.3 Å². The Morgan fingerprint density at radius 1 is 1.25 bits per heavy atom. The molecular weight excluding hydrogens is 247 g/mol. The summed E-state index contributed by atoms with van der Waals surface area (Å²) in [4.78, 5) is 2.03. The zero-order valence-corrected chi connectivity index (χ0v) is 10.4. The van der Waals surface area contributed by atoms with Gasteiger partial charge in [0, 0.05) is 18.5 Å². The number of para-hydroxylation sites is 2. The van der Waals surface area contributed by atoms with Gasteiger partial charge in [-0.15, -0.1) is 23.2 Å². The molecule has 0 spiro atoms. The number of alkyl halides is 2. The Labute approximate surface area is 105 Å². The molecule has 0 radical (unpaired) electrons. The van der Waals surface area contributed by atoms with Crippen molar-refractivity contribution < 1.29 is 0 Å². The summed E-state index contributed by atoms with van der Waals surface area (Å²) in [5, 5.41) is 12.6. The summed E-state index contributed by atoms with van der Waals surface area (Å²) in [5.74, 6) is 0.891. The van der Waals surface area contributed by atoms with Crippen molar-refractivity contribution in [2.24, 2.45) is 0 Å². The van der Waals surface area contributed by atoms with Crippen LogP contribution in [0.3, 0.4) is 0 Å². The third-order valence-electron chi connectivity index (χ3n) is 2.86. The van der Waals surface area contributed by atoms with Gasteiger partial charge in [0.15, 0.2) is 12.4 Å². The summed E-state index contributed by atoms with van der Waals surface area (Å²) < 4.78 is -0.365. The van der Waals surface area contributed by atoms with Gasteiger partial charge in [-0.2, -0.15) is 0 Å². The highest BCUT2D eigenvalue weighted by atomic mass is 35.5. The summed E-state index contributed by atoms with van der Waals surface area (Å²) >= 11 is 11.4. The first-order chi connectivity index (χ1) is 7.71. The Morgan fingerprint density at radius 2 is 2.00 bits per heavy atom. The van der Waals surface area contributed by atoms with Gasteiger partial charge in [0.1, 0.15) is 5.69 Å². The van der Waals surface area contributed by atoms with E-state index >= 15 is 0 Å². The molecule has 0 aliphatic carbocycles. The van der Waals surface area contributed by atoms with Crippen molar-refractivity contribution >= 4 is 34.6 Å². The molecule has 2 rings (SSSR count). The highest BCUT2D eigenvalue weighted by Gasteiger charge is 2.34. The molecule has 1 unspecified atom stereocenters. The Balaban J connectivity index is 2.34. The van der Waals surface area contributed by atoms with E-state index in [0.717, 1.165) is 11.4 Å². The van der Waals surface area contributed by atoms with Gasteiger partial charge in [-0.3, -0.25) is 0 Å². The lowest BCUT2D eigenvalue weighted by atomic mass is 10.2. The van der Waals surface area contributed by atoms with Crippen molar-refractivity contribution in [2.45, 2.75) is 0 Å². The second-order valence-electron chi connectivity index (χ2n) is 3.88.